The molecule has 1 N–H and O–H groups in total. The van der Waals surface area contributed by atoms with Gasteiger partial charge in [0.15, 0.2) is 5.78 Å². The van der Waals surface area contributed by atoms with Crippen LogP contribution in [0.25, 0.3) is 0 Å². The van der Waals surface area contributed by atoms with Gasteiger partial charge in [-0.05, 0) is 98.2 Å². The van der Waals surface area contributed by atoms with E-state index in [1.165, 1.54) is 18.1 Å². The Bertz CT molecular complexity index is 1350. The first-order valence-electron chi connectivity index (χ1n) is 13.4. The zero-order valence-corrected chi connectivity index (χ0v) is 24.3. The number of para-hydroxylation sites is 1. The lowest BCUT2D eigenvalue weighted by Gasteiger charge is -2.11. The van der Waals surface area contributed by atoms with Gasteiger partial charge in [0, 0.05) is 12.6 Å². The second kappa shape index (κ2) is 16.0. The summed E-state index contributed by atoms with van der Waals surface area (Å²) < 4.78 is 0. The maximum Gasteiger partial charge on any atom is 0.256 e. The van der Waals surface area contributed by atoms with E-state index >= 15 is 0 Å². The van der Waals surface area contributed by atoms with Gasteiger partial charge in [0.1, 0.15) is 5.84 Å². The number of benzene rings is 3. The van der Waals surface area contributed by atoms with Crippen LogP contribution in [0.2, 0.25) is 0 Å². The third-order valence-corrected chi connectivity index (χ3v) is 6.38. The molecule has 3 aromatic carbocycles. The first-order chi connectivity index (χ1) is 18.7. The van der Waals surface area contributed by atoms with Gasteiger partial charge in [0.2, 0.25) is 0 Å². The monoisotopic (exact) mass is 523 g/mol. The van der Waals surface area contributed by atoms with Gasteiger partial charge in [-0.25, -0.2) is 4.99 Å². The highest BCUT2D eigenvalue weighted by Gasteiger charge is 2.10. The van der Waals surface area contributed by atoms with Crippen molar-refractivity contribution < 1.29 is 9.59 Å². The highest BCUT2D eigenvalue weighted by molar-refractivity contribution is 6.11. The minimum absolute atomic E-state index is 0.0350. The van der Waals surface area contributed by atoms with E-state index in [1.807, 2.05) is 68.4 Å². The zero-order valence-electron chi connectivity index (χ0n) is 24.3. The molecule has 0 unspecified atom stereocenters. The van der Waals surface area contributed by atoms with Crippen molar-refractivity contribution in [3.63, 3.8) is 0 Å². The third kappa shape index (κ3) is 10.3. The number of aliphatic imine (C=N–C) groups is 2. The first-order valence-corrected chi connectivity index (χ1v) is 13.4. The molecule has 0 saturated heterocycles. The molecule has 0 aliphatic carbocycles. The first kappa shape index (κ1) is 31.1. The summed E-state index contributed by atoms with van der Waals surface area (Å²) in [5.74, 6) is 0.959. The number of amides is 1. The molecule has 0 bridgehead atoms. The van der Waals surface area contributed by atoms with Crippen molar-refractivity contribution in [3.8, 4) is 0 Å². The molecule has 0 spiro atoms. The summed E-state index contributed by atoms with van der Waals surface area (Å²) in [6.07, 6.45) is 5.36. The highest BCUT2D eigenvalue weighted by atomic mass is 16.1. The van der Waals surface area contributed by atoms with Crippen LogP contribution in [-0.4, -0.2) is 30.3 Å². The largest absolute Gasteiger partial charge is 0.310 e. The minimum Gasteiger partial charge on any atom is -0.310 e. The molecule has 5 heteroatoms. The van der Waals surface area contributed by atoms with Crippen LogP contribution in [0.1, 0.15) is 79.6 Å². The van der Waals surface area contributed by atoms with E-state index in [0.29, 0.717) is 17.3 Å². The lowest BCUT2D eigenvalue weighted by molar-refractivity contribution is -0.112. The summed E-state index contributed by atoms with van der Waals surface area (Å²) in [7, 11) is 1.73. The normalized spacial score (nSPS) is 12.5. The van der Waals surface area contributed by atoms with Gasteiger partial charge in [-0.1, -0.05) is 69.3 Å². The number of carbonyl (C=O) groups excluding carboxylic acids is 2. The van der Waals surface area contributed by atoms with Crippen LogP contribution in [0.5, 0.6) is 0 Å². The summed E-state index contributed by atoms with van der Waals surface area (Å²) in [4.78, 5) is 31.9. The van der Waals surface area contributed by atoms with Crippen molar-refractivity contribution >= 4 is 28.9 Å². The van der Waals surface area contributed by atoms with E-state index in [2.05, 4.69) is 54.3 Å². The maximum atomic E-state index is 12.4. The molecule has 0 heterocycles. The zero-order chi connectivity index (χ0) is 28.8. The number of ketones is 1. The SMILES string of the molecule is CC[C@H](C)c1cccc(C(=O)NC(C)=Nc2ccccc2C)c1.CCc1cccc(C(/C=C\C(C)=O)=NC)c1. The number of carbonyl (C=O) groups is 2. The fourth-order valence-electron chi connectivity index (χ4n) is 3.80. The fraction of sp³-hybridized carbons (Fsp3) is 0.294. The average Bonchev–Trinajstić information content (AvgIpc) is 2.94. The van der Waals surface area contributed by atoms with Crippen LogP contribution in [0.3, 0.4) is 0 Å². The summed E-state index contributed by atoms with van der Waals surface area (Å²) in [6, 6.07) is 23.9. The Kier molecular flexibility index (Phi) is 12.7. The van der Waals surface area contributed by atoms with Gasteiger partial charge >= 0.3 is 0 Å². The van der Waals surface area contributed by atoms with E-state index < -0.39 is 0 Å². The van der Waals surface area contributed by atoms with E-state index in [4.69, 9.17) is 0 Å². The number of allylic oxidation sites excluding steroid dienone is 2. The molecule has 204 valence electrons. The Morgan fingerprint density at radius 2 is 1.59 bits per heavy atom. The Morgan fingerprint density at radius 1 is 0.897 bits per heavy atom. The number of amidine groups is 1. The molecule has 0 aliphatic heterocycles. The molecular weight excluding hydrogens is 482 g/mol. The van der Waals surface area contributed by atoms with Crippen molar-refractivity contribution in [1.29, 1.82) is 0 Å². The summed E-state index contributed by atoms with van der Waals surface area (Å²) in [6.45, 7) is 11.8. The molecule has 39 heavy (non-hydrogen) atoms. The van der Waals surface area contributed by atoms with E-state index in [9.17, 15) is 9.59 Å². The molecule has 1 amide bonds. The molecule has 0 aromatic heterocycles. The van der Waals surface area contributed by atoms with Crippen molar-refractivity contribution in [2.75, 3.05) is 7.05 Å². The summed E-state index contributed by atoms with van der Waals surface area (Å²) >= 11 is 0. The van der Waals surface area contributed by atoms with Crippen LogP contribution >= 0.6 is 0 Å². The van der Waals surface area contributed by atoms with E-state index in [-0.39, 0.29) is 11.7 Å². The standard InChI is InChI=1S/C20H24N2O.C14H17NO/c1-5-14(2)17-10-8-11-18(13-17)20(23)22-16(4)21-19-12-7-6-9-15(19)3;1-4-12-6-5-7-13(10-12)14(15-3)9-8-11(2)16/h6-14H,5H2,1-4H3,(H,21,22,23);5-10H,4H2,1-3H3/b;9-8-,15-14?/t14-;/m0./s1. The Hall–Kier alpha value is -4.12. The van der Waals surface area contributed by atoms with Gasteiger partial charge in [0.05, 0.1) is 11.4 Å². The summed E-state index contributed by atoms with van der Waals surface area (Å²) in [5.41, 5.74) is 6.98. The second-order valence-electron chi connectivity index (χ2n) is 9.48. The Morgan fingerprint density at radius 3 is 2.23 bits per heavy atom. The van der Waals surface area contributed by atoms with Crippen LogP contribution < -0.4 is 5.32 Å². The Balaban J connectivity index is 0.000000293. The van der Waals surface area contributed by atoms with Crippen LogP contribution in [0.4, 0.5) is 5.69 Å². The van der Waals surface area contributed by atoms with Gasteiger partial charge in [0.25, 0.3) is 5.91 Å². The predicted octanol–water partition coefficient (Wildman–Crippen LogP) is 7.80. The van der Waals surface area contributed by atoms with Crippen molar-refractivity contribution in [2.24, 2.45) is 9.98 Å². The number of nitrogens with zero attached hydrogens (tertiary/aromatic N) is 2. The third-order valence-electron chi connectivity index (χ3n) is 6.38. The molecule has 3 aromatic rings. The molecule has 5 nitrogen and oxygen atoms in total. The van der Waals surface area contributed by atoms with Crippen LogP contribution in [0.15, 0.2) is 94.9 Å². The predicted molar refractivity (Wildman–Crippen MR) is 165 cm³/mol. The van der Waals surface area contributed by atoms with Gasteiger partial charge in [-0.3, -0.25) is 14.6 Å². The topological polar surface area (TPSA) is 70.9 Å². The Labute approximate surface area is 233 Å². The molecular formula is C34H41N3O2. The number of nitrogens with one attached hydrogen (secondary N) is 1. The van der Waals surface area contributed by atoms with Crippen LogP contribution in [-0.2, 0) is 11.2 Å². The van der Waals surface area contributed by atoms with E-state index in [0.717, 1.165) is 35.4 Å². The molecule has 1 atom stereocenters. The highest BCUT2D eigenvalue weighted by Crippen LogP contribution is 2.20. The lowest BCUT2D eigenvalue weighted by Crippen LogP contribution is -2.28. The molecule has 0 radical (unpaired) electrons. The number of rotatable bonds is 8. The van der Waals surface area contributed by atoms with Gasteiger partial charge in [-0.2, -0.15) is 0 Å². The van der Waals surface area contributed by atoms with Crippen molar-refractivity contribution in [2.45, 2.75) is 60.3 Å². The number of hydrogen-bond donors (Lipinski definition) is 1. The van der Waals surface area contributed by atoms with Crippen molar-refractivity contribution in [3.05, 3.63) is 113 Å². The lowest BCUT2D eigenvalue weighted by atomic mass is 9.97. The molecule has 3 rings (SSSR count). The number of aryl methyl sites for hydroxylation is 2. The number of hydrogen-bond acceptors (Lipinski definition) is 4. The van der Waals surface area contributed by atoms with Gasteiger partial charge in [-0.15, -0.1) is 0 Å². The smallest absolute Gasteiger partial charge is 0.256 e. The van der Waals surface area contributed by atoms with Crippen LogP contribution in [0, 0.1) is 6.92 Å². The second-order valence-corrected chi connectivity index (χ2v) is 9.48. The summed E-state index contributed by atoms with van der Waals surface area (Å²) in [5, 5.41) is 2.87. The quantitative estimate of drug-likeness (QED) is 0.186. The minimum atomic E-state index is -0.120. The molecule has 0 aliphatic rings. The molecule has 0 fully saturated rings. The molecule has 0 saturated carbocycles. The average molecular weight is 524 g/mol. The van der Waals surface area contributed by atoms with Gasteiger partial charge < -0.3 is 5.32 Å². The maximum absolute atomic E-state index is 12.4. The van der Waals surface area contributed by atoms with E-state index in [1.54, 1.807) is 19.2 Å². The van der Waals surface area contributed by atoms with Crippen molar-refractivity contribution in [1.82, 2.24) is 5.32 Å². The fourth-order valence-corrected chi connectivity index (χ4v) is 3.80.